The summed E-state index contributed by atoms with van der Waals surface area (Å²) in [4.78, 5) is 20.9. The van der Waals surface area contributed by atoms with Gasteiger partial charge in [-0.1, -0.05) is 30.3 Å². The molecule has 1 aliphatic rings. The molecule has 6 nitrogen and oxygen atoms in total. The van der Waals surface area contributed by atoms with Crippen LogP contribution in [0.5, 0.6) is 0 Å². The number of aromatic nitrogens is 3. The number of amides is 1. The van der Waals surface area contributed by atoms with Gasteiger partial charge in [0.15, 0.2) is 5.65 Å². The molecule has 3 heterocycles. The molecule has 6 heteroatoms. The zero-order valence-electron chi connectivity index (χ0n) is 15.9. The summed E-state index contributed by atoms with van der Waals surface area (Å²) in [6.45, 7) is 3.07. The Bertz CT molecular complexity index is 934. The van der Waals surface area contributed by atoms with Gasteiger partial charge in [0.25, 0.3) is 5.91 Å². The van der Waals surface area contributed by atoms with Crippen LogP contribution in [0.3, 0.4) is 0 Å². The van der Waals surface area contributed by atoms with Crippen LogP contribution in [0.1, 0.15) is 40.4 Å². The fraction of sp³-hybridized carbons (Fsp3) is 0.381. The van der Waals surface area contributed by atoms with Crippen molar-refractivity contribution in [2.45, 2.75) is 25.3 Å². The molecular weight excluding hydrogens is 338 g/mol. The van der Waals surface area contributed by atoms with Crippen molar-refractivity contribution in [3.63, 3.8) is 0 Å². The van der Waals surface area contributed by atoms with Crippen molar-refractivity contribution in [1.82, 2.24) is 24.4 Å². The third-order valence-corrected chi connectivity index (χ3v) is 5.24. The van der Waals surface area contributed by atoms with Gasteiger partial charge in [0.05, 0.1) is 11.9 Å². The summed E-state index contributed by atoms with van der Waals surface area (Å²) < 4.78 is 1.85. The van der Waals surface area contributed by atoms with Gasteiger partial charge < -0.3 is 4.90 Å². The second kappa shape index (κ2) is 7.48. The molecule has 1 saturated heterocycles. The highest BCUT2D eigenvalue weighted by atomic mass is 16.2. The number of benzene rings is 1. The molecule has 0 bridgehead atoms. The number of hydrogen-bond donors (Lipinski definition) is 0. The van der Waals surface area contributed by atoms with Gasteiger partial charge in [0.2, 0.25) is 0 Å². The number of carbonyl (C=O) groups excluding carboxylic acids is 1. The van der Waals surface area contributed by atoms with Crippen LogP contribution in [0.2, 0.25) is 0 Å². The first kappa shape index (κ1) is 17.7. The fourth-order valence-corrected chi connectivity index (χ4v) is 3.89. The van der Waals surface area contributed by atoms with Gasteiger partial charge in [-0.15, -0.1) is 0 Å². The predicted octanol–water partition coefficient (Wildman–Crippen LogP) is 2.81. The molecule has 27 heavy (non-hydrogen) atoms. The SMILES string of the molecule is CN(C)C(=O)c1cnn2c([C@H]3CCCN(Cc4ccccc4)C3)ccnc12. The number of rotatable bonds is 4. The second-order valence-corrected chi connectivity index (χ2v) is 7.42. The summed E-state index contributed by atoms with van der Waals surface area (Å²) in [5, 5.41) is 4.49. The summed E-state index contributed by atoms with van der Waals surface area (Å²) in [6.07, 6.45) is 5.72. The van der Waals surface area contributed by atoms with Gasteiger partial charge in [0, 0.05) is 39.3 Å². The molecule has 1 aliphatic heterocycles. The van der Waals surface area contributed by atoms with Gasteiger partial charge in [-0.25, -0.2) is 9.50 Å². The van der Waals surface area contributed by atoms with Crippen molar-refractivity contribution in [3.8, 4) is 0 Å². The molecule has 4 rings (SSSR count). The van der Waals surface area contributed by atoms with Crippen LogP contribution in [0.4, 0.5) is 0 Å². The number of nitrogens with zero attached hydrogens (tertiary/aromatic N) is 5. The van der Waals surface area contributed by atoms with E-state index in [1.165, 1.54) is 5.56 Å². The van der Waals surface area contributed by atoms with E-state index in [1.54, 1.807) is 31.4 Å². The van der Waals surface area contributed by atoms with E-state index in [0.717, 1.165) is 38.2 Å². The lowest BCUT2D eigenvalue weighted by Gasteiger charge is -2.33. The Morgan fingerprint density at radius 1 is 1.22 bits per heavy atom. The van der Waals surface area contributed by atoms with Crippen molar-refractivity contribution in [2.24, 2.45) is 0 Å². The highest BCUT2D eigenvalue weighted by Gasteiger charge is 2.25. The highest BCUT2D eigenvalue weighted by Crippen LogP contribution is 2.28. The van der Waals surface area contributed by atoms with E-state index in [1.807, 2.05) is 10.6 Å². The normalized spacial score (nSPS) is 17.9. The summed E-state index contributed by atoms with van der Waals surface area (Å²) in [6, 6.07) is 12.6. The molecule has 1 atom stereocenters. The molecule has 1 fully saturated rings. The molecule has 3 aromatic rings. The molecule has 0 saturated carbocycles. The Labute approximate surface area is 159 Å². The minimum atomic E-state index is -0.0657. The van der Waals surface area contributed by atoms with Crippen molar-refractivity contribution >= 4 is 11.6 Å². The molecule has 0 N–H and O–H groups in total. The Morgan fingerprint density at radius 3 is 2.81 bits per heavy atom. The number of likely N-dealkylation sites (tertiary alicyclic amines) is 1. The van der Waals surface area contributed by atoms with Crippen LogP contribution in [-0.4, -0.2) is 57.5 Å². The zero-order chi connectivity index (χ0) is 18.8. The molecule has 0 aliphatic carbocycles. The van der Waals surface area contributed by atoms with Gasteiger partial charge in [-0.3, -0.25) is 9.69 Å². The summed E-state index contributed by atoms with van der Waals surface area (Å²) in [7, 11) is 3.50. The second-order valence-electron chi connectivity index (χ2n) is 7.42. The van der Waals surface area contributed by atoms with Crippen molar-refractivity contribution in [2.75, 3.05) is 27.2 Å². The third-order valence-electron chi connectivity index (χ3n) is 5.24. The molecule has 2 aromatic heterocycles. The fourth-order valence-electron chi connectivity index (χ4n) is 3.89. The maximum absolute atomic E-state index is 12.4. The number of hydrogen-bond acceptors (Lipinski definition) is 4. The van der Waals surface area contributed by atoms with Crippen LogP contribution in [0.15, 0.2) is 48.8 Å². The zero-order valence-corrected chi connectivity index (χ0v) is 15.9. The van der Waals surface area contributed by atoms with Gasteiger partial charge in [0.1, 0.15) is 5.56 Å². The topological polar surface area (TPSA) is 53.7 Å². The lowest BCUT2D eigenvalue weighted by molar-refractivity contribution is 0.0829. The molecule has 1 amide bonds. The van der Waals surface area contributed by atoms with Gasteiger partial charge in [-0.2, -0.15) is 5.10 Å². The van der Waals surface area contributed by atoms with Crippen LogP contribution in [0.25, 0.3) is 5.65 Å². The summed E-state index contributed by atoms with van der Waals surface area (Å²) in [5.41, 5.74) is 3.68. The van der Waals surface area contributed by atoms with E-state index in [-0.39, 0.29) is 5.91 Å². The standard InChI is InChI=1S/C21H25N5O/c1-24(2)21(27)18-13-23-26-19(10-11-22-20(18)26)17-9-6-12-25(15-17)14-16-7-4-3-5-8-16/h3-5,7-8,10-11,13,17H,6,9,12,14-15H2,1-2H3/t17-/m0/s1. The van der Waals surface area contributed by atoms with E-state index in [2.05, 4.69) is 45.3 Å². The monoisotopic (exact) mass is 363 g/mol. The molecule has 0 spiro atoms. The largest absolute Gasteiger partial charge is 0.345 e. The summed E-state index contributed by atoms with van der Waals surface area (Å²) >= 11 is 0. The first-order valence-electron chi connectivity index (χ1n) is 9.44. The quantitative estimate of drug-likeness (QED) is 0.715. The Morgan fingerprint density at radius 2 is 2.04 bits per heavy atom. The number of carbonyl (C=O) groups is 1. The molecule has 140 valence electrons. The average Bonchev–Trinajstić information content (AvgIpc) is 3.12. The summed E-state index contributed by atoms with van der Waals surface area (Å²) in [5.74, 6) is 0.319. The smallest absolute Gasteiger partial charge is 0.258 e. The van der Waals surface area contributed by atoms with Crippen molar-refractivity contribution in [1.29, 1.82) is 0 Å². The van der Waals surface area contributed by atoms with Crippen LogP contribution < -0.4 is 0 Å². The van der Waals surface area contributed by atoms with Gasteiger partial charge >= 0.3 is 0 Å². The Kier molecular flexibility index (Phi) is 4.90. The molecule has 0 radical (unpaired) electrons. The first-order chi connectivity index (χ1) is 13.1. The van der Waals surface area contributed by atoms with Crippen molar-refractivity contribution < 1.29 is 4.79 Å². The van der Waals surface area contributed by atoms with Gasteiger partial charge in [-0.05, 0) is 31.0 Å². The van der Waals surface area contributed by atoms with E-state index in [4.69, 9.17) is 0 Å². The minimum absolute atomic E-state index is 0.0657. The van der Waals surface area contributed by atoms with E-state index in [0.29, 0.717) is 17.1 Å². The Hall–Kier alpha value is -2.73. The van der Waals surface area contributed by atoms with E-state index in [9.17, 15) is 4.79 Å². The lowest BCUT2D eigenvalue weighted by Crippen LogP contribution is -2.34. The Balaban J connectivity index is 1.59. The molecule has 1 aromatic carbocycles. The third kappa shape index (κ3) is 3.57. The van der Waals surface area contributed by atoms with Crippen LogP contribution >= 0.6 is 0 Å². The number of fused-ring (bicyclic) bond motifs is 1. The van der Waals surface area contributed by atoms with E-state index < -0.39 is 0 Å². The van der Waals surface area contributed by atoms with Crippen LogP contribution in [-0.2, 0) is 6.54 Å². The highest BCUT2D eigenvalue weighted by molar-refractivity contribution is 5.99. The predicted molar refractivity (Wildman–Crippen MR) is 105 cm³/mol. The average molecular weight is 363 g/mol. The maximum Gasteiger partial charge on any atom is 0.258 e. The minimum Gasteiger partial charge on any atom is -0.345 e. The van der Waals surface area contributed by atoms with Crippen LogP contribution in [0, 0.1) is 0 Å². The lowest BCUT2D eigenvalue weighted by atomic mass is 9.94. The first-order valence-corrected chi connectivity index (χ1v) is 9.44. The molecular formula is C21H25N5O. The van der Waals surface area contributed by atoms with E-state index >= 15 is 0 Å². The molecule has 0 unspecified atom stereocenters. The van der Waals surface area contributed by atoms with Crippen molar-refractivity contribution in [3.05, 3.63) is 65.6 Å². The number of piperidine rings is 1. The maximum atomic E-state index is 12.4.